The molecule has 1 saturated heterocycles. The van der Waals surface area contributed by atoms with Crippen molar-refractivity contribution < 1.29 is 5.11 Å². The van der Waals surface area contributed by atoms with Crippen LogP contribution in [0.3, 0.4) is 0 Å². The van der Waals surface area contributed by atoms with Crippen LogP contribution in [0, 0.1) is 5.92 Å². The fourth-order valence-electron chi connectivity index (χ4n) is 1.80. The maximum Gasteiger partial charge on any atom is 0.0472 e. The third-order valence-corrected chi connectivity index (χ3v) is 2.59. The first kappa shape index (κ1) is 8.66. The van der Waals surface area contributed by atoms with Gasteiger partial charge in [-0.25, -0.2) is 0 Å². The SMILES string of the molecule is OCC1CNC(c2ccncc2)C1. The molecule has 0 radical (unpaired) electrons. The van der Waals surface area contributed by atoms with Gasteiger partial charge in [0, 0.05) is 31.6 Å². The summed E-state index contributed by atoms with van der Waals surface area (Å²) in [6, 6.07) is 4.45. The maximum absolute atomic E-state index is 8.98. The van der Waals surface area contributed by atoms with Gasteiger partial charge in [-0.15, -0.1) is 0 Å². The van der Waals surface area contributed by atoms with Gasteiger partial charge in [-0.3, -0.25) is 4.98 Å². The van der Waals surface area contributed by atoms with Crippen LogP contribution in [0.15, 0.2) is 24.5 Å². The van der Waals surface area contributed by atoms with Gasteiger partial charge < -0.3 is 10.4 Å². The third kappa shape index (κ3) is 1.87. The van der Waals surface area contributed by atoms with Crippen molar-refractivity contribution in [2.75, 3.05) is 13.2 Å². The molecule has 1 aliphatic rings. The number of aromatic nitrogens is 1. The van der Waals surface area contributed by atoms with Crippen molar-refractivity contribution in [3.05, 3.63) is 30.1 Å². The van der Waals surface area contributed by atoms with E-state index in [1.54, 1.807) is 0 Å². The zero-order chi connectivity index (χ0) is 9.10. The molecule has 0 amide bonds. The Morgan fingerprint density at radius 1 is 1.46 bits per heavy atom. The number of hydrogen-bond donors (Lipinski definition) is 2. The van der Waals surface area contributed by atoms with E-state index >= 15 is 0 Å². The van der Waals surface area contributed by atoms with Crippen LogP contribution in [0.4, 0.5) is 0 Å². The van der Waals surface area contributed by atoms with Crippen LogP contribution < -0.4 is 5.32 Å². The first-order valence-corrected chi connectivity index (χ1v) is 4.64. The monoisotopic (exact) mass is 178 g/mol. The Labute approximate surface area is 77.8 Å². The van der Waals surface area contributed by atoms with E-state index in [4.69, 9.17) is 5.11 Å². The van der Waals surface area contributed by atoms with E-state index in [9.17, 15) is 0 Å². The molecule has 2 atom stereocenters. The van der Waals surface area contributed by atoms with Crippen LogP contribution >= 0.6 is 0 Å². The average molecular weight is 178 g/mol. The molecule has 0 saturated carbocycles. The Kier molecular flexibility index (Phi) is 2.57. The number of nitrogens with zero attached hydrogens (tertiary/aromatic N) is 1. The molecular weight excluding hydrogens is 164 g/mol. The smallest absolute Gasteiger partial charge is 0.0472 e. The third-order valence-electron chi connectivity index (χ3n) is 2.59. The van der Waals surface area contributed by atoms with Gasteiger partial charge in [0.2, 0.25) is 0 Å². The molecule has 1 aliphatic heterocycles. The average Bonchev–Trinajstić information content (AvgIpc) is 2.67. The second-order valence-electron chi connectivity index (χ2n) is 3.53. The number of aliphatic hydroxyl groups excluding tert-OH is 1. The predicted octanol–water partition coefficient (Wildman–Crippen LogP) is 0.724. The fraction of sp³-hybridized carbons (Fsp3) is 0.500. The lowest BCUT2D eigenvalue weighted by atomic mass is 10.0. The second kappa shape index (κ2) is 3.85. The van der Waals surface area contributed by atoms with Gasteiger partial charge in [0.25, 0.3) is 0 Å². The lowest BCUT2D eigenvalue weighted by Crippen LogP contribution is -2.14. The standard InChI is InChI=1S/C10H14N2O/c13-7-8-5-10(12-6-8)9-1-3-11-4-2-9/h1-4,8,10,12-13H,5-7H2. The molecule has 13 heavy (non-hydrogen) atoms. The molecule has 70 valence electrons. The summed E-state index contributed by atoms with van der Waals surface area (Å²) in [5, 5.41) is 12.4. The van der Waals surface area contributed by atoms with Crippen molar-refractivity contribution in [1.29, 1.82) is 0 Å². The molecule has 2 rings (SSSR count). The van der Waals surface area contributed by atoms with Crippen LogP contribution in [0.2, 0.25) is 0 Å². The van der Waals surface area contributed by atoms with Gasteiger partial charge in [0.1, 0.15) is 0 Å². The summed E-state index contributed by atoms with van der Waals surface area (Å²) in [5.41, 5.74) is 1.27. The van der Waals surface area contributed by atoms with E-state index in [1.165, 1.54) is 5.56 Å². The van der Waals surface area contributed by atoms with Gasteiger partial charge in [0.05, 0.1) is 0 Å². The van der Waals surface area contributed by atoms with E-state index in [2.05, 4.69) is 10.3 Å². The highest BCUT2D eigenvalue weighted by atomic mass is 16.3. The van der Waals surface area contributed by atoms with Gasteiger partial charge in [-0.2, -0.15) is 0 Å². The maximum atomic E-state index is 8.98. The summed E-state index contributed by atoms with van der Waals surface area (Å²) in [5.74, 6) is 0.415. The molecule has 3 nitrogen and oxygen atoms in total. The summed E-state index contributed by atoms with van der Waals surface area (Å²) < 4.78 is 0. The Bertz CT molecular complexity index is 263. The lowest BCUT2D eigenvalue weighted by molar-refractivity contribution is 0.236. The van der Waals surface area contributed by atoms with E-state index in [0.29, 0.717) is 12.0 Å². The molecule has 3 heteroatoms. The summed E-state index contributed by atoms with van der Waals surface area (Å²) in [7, 11) is 0. The molecule has 0 aromatic carbocycles. The first-order chi connectivity index (χ1) is 6.40. The van der Waals surface area contributed by atoms with Crippen LogP contribution in [0.1, 0.15) is 18.0 Å². The van der Waals surface area contributed by atoms with E-state index in [-0.39, 0.29) is 6.61 Å². The Morgan fingerprint density at radius 3 is 2.85 bits per heavy atom. The minimum atomic E-state index is 0.286. The minimum absolute atomic E-state index is 0.286. The van der Waals surface area contributed by atoms with Crippen molar-refractivity contribution in [2.45, 2.75) is 12.5 Å². The molecule has 2 N–H and O–H groups in total. The number of nitrogens with one attached hydrogen (secondary N) is 1. The summed E-state index contributed by atoms with van der Waals surface area (Å²) in [6.45, 7) is 1.21. The van der Waals surface area contributed by atoms with Crippen molar-refractivity contribution in [1.82, 2.24) is 10.3 Å². The molecule has 1 aromatic rings. The van der Waals surface area contributed by atoms with Gasteiger partial charge >= 0.3 is 0 Å². The van der Waals surface area contributed by atoms with Crippen molar-refractivity contribution >= 4 is 0 Å². The van der Waals surface area contributed by atoms with E-state index < -0.39 is 0 Å². The molecule has 1 fully saturated rings. The number of pyridine rings is 1. The summed E-state index contributed by atoms with van der Waals surface area (Å²) in [4.78, 5) is 3.98. The normalized spacial score (nSPS) is 27.8. The quantitative estimate of drug-likeness (QED) is 0.701. The van der Waals surface area contributed by atoms with Gasteiger partial charge in [0.15, 0.2) is 0 Å². The van der Waals surface area contributed by atoms with Gasteiger partial charge in [-0.05, 0) is 30.0 Å². The Hall–Kier alpha value is -0.930. The van der Waals surface area contributed by atoms with Crippen LogP contribution in [0.5, 0.6) is 0 Å². The molecule has 0 bridgehead atoms. The second-order valence-corrected chi connectivity index (χ2v) is 3.53. The number of hydrogen-bond acceptors (Lipinski definition) is 3. The van der Waals surface area contributed by atoms with Crippen LogP contribution in [-0.2, 0) is 0 Å². The highest BCUT2D eigenvalue weighted by molar-refractivity contribution is 5.16. The molecule has 2 unspecified atom stereocenters. The number of rotatable bonds is 2. The van der Waals surface area contributed by atoms with Crippen molar-refractivity contribution in [3.8, 4) is 0 Å². The van der Waals surface area contributed by atoms with Crippen molar-refractivity contribution in [3.63, 3.8) is 0 Å². The minimum Gasteiger partial charge on any atom is -0.396 e. The number of aliphatic hydroxyl groups is 1. The van der Waals surface area contributed by atoms with Crippen molar-refractivity contribution in [2.24, 2.45) is 5.92 Å². The molecule has 1 aromatic heterocycles. The predicted molar refractivity (Wildman–Crippen MR) is 50.2 cm³/mol. The summed E-state index contributed by atoms with van der Waals surface area (Å²) >= 11 is 0. The zero-order valence-corrected chi connectivity index (χ0v) is 7.48. The van der Waals surface area contributed by atoms with E-state index in [0.717, 1.165) is 13.0 Å². The summed E-state index contributed by atoms with van der Waals surface area (Å²) in [6.07, 6.45) is 4.65. The molecule has 2 heterocycles. The van der Waals surface area contributed by atoms with Crippen LogP contribution in [0.25, 0.3) is 0 Å². The van der Waals surface area contributed by atoms with E-state index in [1.807, 2.05) is 24.5 Å². The lowest BCUT2D eigenvalue weighted by Gasteiger charge is -2.09. The molecule has 0 spiro atoms. The van der Waals surface area contributed by atoms with Crippen LogP contribution in [-0.4, -0.2) is 23.2 Å². The first-order valence-electron chi connectivity index (χ1n) is 4.64. The Morgan fingerprint density at radius 2 is 2.23 bits per heavy atom. The molecule has 0 aliphatic carbocycles. The highest BCUT2D eigenvalue weighted by Crippen LogP contribution is 2.25. The highest BCUT2D eigenvalue weighted by Gasteiger charge is 2.24. The van der Waals surface area contributed by atoms with Gasteiger partial charge in [-0.1, -0.05) is 0 Å². The topological polar surface area (TPSA) is 45.1 Å². The fourth-order valence-corrected chi connectivity index (χ4v) is 1.80. The molecular formula is C10H14N2O. The zero-order valence-electron chi connectivity index (χ0n) is 7.48. The Balaban J connectivity index is 2.04. The largest absolute Gasteiger partial charge is 0.396 e.